The fraction of sp³-hybridized carbons (Fsp3) is 0.833. The van der Waals surface area contributed by atoms with E-state index in [0.29, 0.717) is 0 Å². The highest BCUT2D eigenvalue weighted by Gasteiger charge is 2.17. The van der Waals surface area contributed by atoms with Gasteiger partial charge in [-0.25, -0.2) is 0 Å². The Bertz CT molecular complexity index is 103. The molecule has 0 bridgehead atoms. The van der Waals surface area contributed by atoms with Crippen LogP contribution in [-0.4, -0.2) is 16.5 Å². The number of halogens is 1. The topological polar surface area (TPSA) is 37.3 Å². The minimum atomic E-state index is -0.989. The number of carbonyl (C=O) groups is 1. The Morgan fingerprint density at radius 3 is 2.33 bits per heavy atom. The predicted molar refractivity (Wildman–Crippen MR) is 36.3 cm³/mol. The molecular weight excluding hydrogens is 140 g/mol. The number of aliphatic hydroxyl groups excluding tert-OH is 1. The molecule has 2 atom stereocenters. The molecule has 0 aromatic rings. The van der Waals surface area contributed by atoms with E-state index in [-0.39, 0.29) is 5.92 Å². The van der Waals surface area contributed by atoms with Gasteiger partial charge in [0.05, 0.1) is 0 Å². The van der Waals surface area contributed by atoms with Crippen molar-refractivity contribution < 1.29 is 9.90 Å². The molecule has 0 fully saturated rings. The van der Waals surface area contributed by atoms with Gasteiger partial charge in [-0.05, 0) is 17.5 Å². The summed E-state index contributed by atoms with van der Waals surface area (Å²) in [7, 11) is 0. The number of aliphatic hydroxyl groups is 1. The maximum atomic E-state index is 10.3. The molecule has 0 saturated heterocycles. The zero-order valence-corrected chi connectivity index (χ0v) is 6.35. The van der Waals surface area contributed by atoms with Crippen molar-refractivity contribution in [3.63, 3.8) is 0 Å². The summed E-state index contributed by atoms with van der Waals surface area (Å²) < 4.78 is 0. The molecule has 1 N–H and O–H groups in total. The lowest BCUT2D eigenvalue weighted by molar-refractivity contribution is -0.121. The lowest BCUT2D eigenvalue weighted by Gasteiger charge is -2.11. The highest BCUT2D eigenvalue weighted by atomic mass is 35.5. The summed E-state index contributed by atoms with van der Waals surface area (Å²) in [4.78, 5) is 10.3. The van der Waals surface area contributed by atoms with Gasteiger partial charge >= 0.3 is 0 Å². The van der Waals surface area contributed by atoms with Gasteiger partial charge < -0.3 is 5.11 Å². The molecule has 0 aliphatic carbocycles. The van der Waals surface area contributed by atoms with Crippen molar-refractivity contribution in [3.05, 3.63) is 0 Å². The van der Waals surface area contributed by atoms with Crippen molar-refractivity contribution in [2.75, 3.05) is 0 Å². The molecule has 2 nitrogen and oxygen atoms in total. The first kappa shape index (κ1) is 8.92. The lowest BCUT2D eigenvalue weighted by Crippen LogP contribution is -2.23. The van der Waals surface area contributed by atoms with Crippen LogP contribution in [0.1, 0.15) is 20.3 Å². The van der Waals surface area contributed by atoms with Gasteiger partial charge in [0.1, 0.15) is 6.10 Å². The summed E-state index contributed by atoms with van der Waals surface area (Å²) in [6.45, 7) is 3.68. The van der Waals surface area contributed by atoms with E-state index in [1.54, 1.807) is 6.92 Å². The van der Waals surface area contributed by atoms with E-state index in [2.05, 4.69) is 0 Å². The molecule has 0 aromatic carbocycles. The van der Waals surface area contributed by atoms with E-state index in [1.165, 1.54) is 0 Å². The number of rotatable bonds is 3. The normalized spacial score (nSPS) is 16.9. The predicted octanol–water partition coefficient (Wildman–Crippen LogP) is 1.16. The zero-order chi connectivity index (χ0) is 7.44. The van der Waals surface area contributed by atoms with Crippen molar-refractivity contribution in [1.29, 1.82) is 0 Å². The third-order valence-electron chi connectivity index (χ3n) is 1.42. The third kappa shape index (κ3) is 2.82. The van der Waals surface area contributed by atoms with E-state index < -0.39 is 11.3 Å². The summed E-state index contributed by atoms with van der Waals surface area (Å²) in [5, 5.41) is 8.25. The van der Waals surface area contributed by atoms with E-state index in [4.69, 9.17) is 16.7 Å². The summed E-state index contributed by atoms with van der Waals surface area (Å²) in [6.07, 6.45) is -0.226. The molecule has 0 spiro atoms. The van der Waals surface area contributed by atoms with Gasteiger partial charge in [-0.15, -0.1) is 0 Å². The molecule has 0 aliphatic rings. The Kier molecular flexibility index (Phi) is 3.82. The minimum absolute atomic E-state index is 0.0324. The molecule has 0 heterocycles. The van der Waals surface area contributed by atoms with Crippen molar-refractivity contribution in [2.45, 2.75) is 26.4 Å². The van der Waals surface area contributed by atoms with Gasteiger partial charge in [-0.2, -0.15) is 0 Å². The molecule has 0 aromatic heterocycles. The van der Waals surface area contributed by atoms with Gasteiger partial charge in [0, 0.05) is 0 Å². The SMILES string of the molecule is CCC(C)C(O)C(=O)Cl. The molecular formula is C6H11ClO2. The molecule has 0 amide bonds. The highest BCUT2D eigenvalue weighted by Crippen LogP contribution is 2.09. The first-order valence-electron chi connectivity index (χ1n) is 2.97. The van der Waals surface area contributed by atoms with Gasteiger partial charge in [0.2, 0.25) is 5.24 Å². The fourth-order valence-corrected chi connectivity index (χ4v) is 0.662. The molecule has 0 saturated carbocycles. The first-order chi connectivity index (χ1) is 4.09. The van der Waals surface area contributed by atoms with Crippen LogP contribution in [0.2, 0.25) is 0 Å². The molecule has 54 valence electrons. The Balaban J connectivity index is 3.72. The van der Waals surface area contributed by atoms with Crippen LogP contribution in [0.15, 0.2) is 0 Å². The zero-order valence-electron chi connectivity index (χ0n) is 5.60. The fourth-order valence-electron chi connectivity index (χ4n) is 0.447. The monoisotopic (exact) mass is 150 g/mol. The molecule has 0 rings (SSSR count). The minimum Gasteiger partial charge on any atom is -0.384 e. The van der Waals surface area contributed by atoms with Crippen molar-refractivity contribution >= 4 is 16.8 Å². The highest BCUT2D eigenvalue weighted by molar-refractivity contribution is 6.64. The van der Waals surface area contributed by atoms with Crippen LogP contribution in [0.3, 0.4) is 0 Å². The number of carbonyl (C=O) groups excluding carboxylic acids is 1. The largest absolute Gasteiger partial charge is 0.384 e. The summed E-state index contributed by atoms with van der Waals surface area (Å²) in [6, 6.07) is 0. The Morgan fingerprint density at radius 1 is 1.78 bits per heavy atom. The summed E-state index contributed by atoms with van der Waals surface area (Å²) >= 11 is 5.01. The standard InChI is InChI=1S/C6H11ClO2/c1-3-4(2)5(8)6(7)9/h4-5,8H,3H2,1-2H3. The van der Waals surface area contributed by atoms with Crippen molar-refractivity contribution in [2.24, 2.45) is 5.92 Å². The second kappa shape index (κ2) is 3.85. The third-order valence-corrected chi connectivity index (χ3v) is 1.64. The molecule has 2 unspecified atom stereocenters. The van der Waals surface area contributed by atoms with Crippen LogP contribution in [0.25, 0.3) is 0 Å². The summed E-state index contributed by atoms with van der Waals surface area (Å²) in [5.41, 5.74) is 0. The second-order valence-electron chi connectivity index (χ2n) is 2.13. The maximum Gasteiger partial charge on any atom is 0.250 e. The van der Waals surface area contributed by atoms with Gasteiger partial charge in [0.15, 0.2) is 0 Å². The van der Waals surface area contributed by atoms with Crippen LogP contribution in [-0.2, 0) is 4.79 Å². The van der Waals surface area contributed by atoms with Crippen LogP contribution >= 0.6 is 11.6 Å². The van der Waals surface area contributed by atoms with Gasteiger partial charge in [0.25, 0.3) is 0 Å². The van der Waals surface area contributed by atoms with Crippen LogP contribution in [0.5, 0.6) is 0 Å². The van der Waals surface area contributed by atoms with Crippen molar-refractivity contribution in [3.8, 4) is 0 Å². The summed E-state index contributed by atoms with van der Waals surface area (Å²) in [5.74, 6) is -0.0324. The smallest absolute Gasteiger partial charge is 0.250 e. The average Bonchev–Trinajstić information content (AvgIpc) is 1.84. The first-order valence-corrected chi connectivity index (χ1v) is 3.34. The number of hydrogen-bond donors (Lipinski definition) is 1. The van der Waals surface area contributed by atoms with Crippen LogP contribution in [0.4, 0.5) is 0 Å². The Labute approximate surface area is 59.8 Å². The lowest BCUT2D eigenvalue weighted by atomic mass is 10.0. The van der Waals surface area contributed by atoms with Crippen molar-refractivity contribution in [1.82, 2.24) is 0 Å². The van der Waals surface area contributed by atoms with Gasteiger partial charge in [-0.3, -0.25) is 4.79 Å². The second-order valence-corrected chi connectivity index (χ2v) is 2.51. The Hall–Kier alpha value is -0.0800. The Morgan fingerprint density at radius 2 is 2.22 bits per heavy atom. The number of hydrogen-bond acceptors (Lipinski definition) is 2. The average molecular weight is 151 g/mol. The van der Waals surface area contributed by atoms with E-state index in [9.17, 15) is 4.79 Å². The van der Waals surface area contributed by atoms with E-state index in [0.717, 1.165) is 6.42 Å². The van der Waals surface area contributed by atoms with E-state index >= 15 is 0 Å². The molecule has 9 heavy (non-hydrogen) atoms. The van der Waals surface area contributed by atoms with Crippen LogP contribution < -0.4 is 0 Å². The maximum absolute atomic E-state index is 10.3. The molecule has 0 radical (unpaired) electrons. The van der Waals surface area contributed by atoms with Crippen LogP contribution in [0, 0.1) is 5.92 Å². The quantitative estimate of drug-likeness (QED) is 0.613. The molecule has 3 heteroatoms. The molecule has 0 aliphatic heterocycles. The van der Waals surface area contributed by atoms with E-state index in [1.807, 2.05) is 6.92 Å². The van der Waals surface area contributed by atoms with Gasteiger partial charge in [-0.1, -0.05) is 20.3 Å².